The van der Waals surface area contributed by atoms with Gasteiger partial charge in [0.05, 0.1) is 36.7 Å². The maximum atomic E-state index is 14.3. The molecule has 1 saturated carbocycles. The number of aromatic nitrogens is 1. The first-order valence-electron chi connectivity index (χ1n) is 14.0. The van der Waals surface area contributed by atoms with E-state index < -0.39 is 27.0 Å². The van der Waals surface area contributed by atoms with Crippen LogP contribution in [0.4, 0.5) is 10.5 Å². The number of thiazole rings is 1. The summed E-state index contributed by atoms with van der Waals surface area (Å²) in [6.07, 6.45) is 5.88. The zero-order valence-corrected chi connectivity index (χ0v) is 26.3. The zero-order valence-electron chi connectivity index (χ0n) is 24.7. The first kappa shape index (κ1) is 32.5. The average Bonchev–Trinajstić information content (AvgIpc) is 3.38. The van der Waals surface area contributed by atoms with E-state index in [-0.39, 0.29) is 24.1 Å². The number of amides is 2. The fourth-order valence-electron chi connectivity index (χ4n) is 4.75. The van der Waals surface area contributed by atoms with Crippen molar-refractivity contribution in [3.8, 4) is 10.4 Å². The van der Waals surface area contributed by atoms with Crippen LogP contribution in [0.2, 0.25) is 0 Å². The second-order valence-electron chi connectivity index (χ2n) is 11.1. The Bertz CT molecular complexity index is 1380. The molecular formula is C30H41N3O6S2. The van der Waals surface area contributed by atoms with Crippen molar-refractivity contribution < 1.29 is 28.1 Å². The van der Waals surface area contributed by atoms with Crippen molar-refractivity contribution in [3.05, 3.63) is 42.1 Å². The number of carbonyl (C=O) groups is 3. The summed E-state index contributed by atoms with van der Waals surface area (Å²) < 4.78 is 28.9. The number of benzene rings is 1. The number of rotatable bonds is 10. The lowest BCUT2D eigenvalue weighted by atomic mass is 9.81. The van der Waals surface area contributed by atoms with Gasteiger partial charge in [-0.15, -0.1) is 11.3 Å². The highest BCUT2D eigenvalue weighted by atomic mass is 32.2. The molecule has 0 saturated heterocycles. The first-order valence-corrected chi connectivity index (χ1v) is 16.4. The summed E-state index contributed by atoms with van der Waals surface area (Å²) in [4.78, 5) is 42.5. The number of nitrogens with zero attached hydrogens (tertiary/aromatic N) is 2. The lowest BCUT2D eigenvalue weighted by Gasteiger charge is -2.26. The minimum absolute atomic E-state index is 0.107. The van der Waals surface area contributed by atoms with Crippen molar-refractivity contribution in [1.29, 1.82) is 0 Å². The van der Waals surface area contributed by atoms with E-state index >= 15 is 0 Å². The fraction of sp³-hybridized carbons (Fsp3) is 0.533. The van der Waals surface area contributed by atoms with E-state index in [2.05, 4.69) is 16.3 Å². The van der Waals surface area contributed by atoms with Crippen LogP contribution in [-0.4, -0.2) is 44.6 Å². The normalized spacial score (nSPS) is 18.6. The van der Waals surface area contributed by atoms with Gasteiger partial charge in [0.1, 0.15) is 0 Å². The Kier molecular flexibility index (Phi) is 11.3. The molecule has 2 amide bonds. The molecule has 1 N–H and O–H groups in total. The van der Waals surface area contributed by atoms with Gasteiger partial charge in [-0.3, -0.25) is 14.9 Å². The summed E-state index contributed by atoms with van der Waals surface area (Å²) in [7, 11) is -3.25. The molecule has 224 valence electrons. The van der Waals surface area contributed by atoms with Gasteiger partial charge in [-0.1, -0.05) is 12.6 Å². The van der Waals surface area contributed by atoms with Crippen molar-refractivity contribution in [1.82, 2.24) is 4.98 Å². The molecule has 11 heteroatoms. The van der Waals surface area contributed by atoms with Crippen LogP contribution >= 0.6 is 11.3 Å². The van der Waals surface area contributed by atoms with Gasteiger partial charge in [-0.2, -0.15) is 4.36 Å². The number of nitrogens with one attached hydrogen (secondary N) is 1. The number of hydrogen-bond acceptors (Lipinski definition) is 8. The van der Waals surface area contributed by atoms with Crippen molar-refractivity contribution in [2.75, 3.05) is 5.32 Å². The van der Waals surface area contributed by atoms with E-state index in [9.17, 15) is 18.6 Å². The Morgan fingerprint density at radius 3 is 2.34 bits per heavy atom. The van der Waals surface area contributed by atoms with E-state index in [0.29, 0.717) is 28.5 Å². The van der Waals surface area contributed by atoms with Crippen LogP contribution in [0.1, 0.15) is 84.6 Å². The van der Waals surface area contributed by atoms with Crippen molar-refractivity contribution in [2.45, 2.75) is 102 Å². The third kappa shape index (κ3) is 8.72. The summed E-state index contributed by atoms with van der Waals surface area (Å²) in [6.45, 7) is 14.2. The number of carbonyl (C=O) groups excluding carboxylic acids is 3. The van der Waals surface area contributed by atoms with Crippen LogP contribution < -0.4 is 5.32 Å². The molecular weight excluding hydrogens is 562 g/mol. The Balaban J connectivity index is 1.92. The zero-order chi connectivity index (χ0) is 30.3. The van der Waals surface area contributed by atoms with Crippen LogP contribution in [-0.2, 0) is 28.8 Å². The van der Waals surface area contributed by atoms with E-state index in [0.717, 1.165) is 41.6 Å². The largest absolute Gasteiger partial charge is 0.463 e. The van der Waals surface area contributed by atoms with Crippen molar-refractivity contribution in [3.63, 3.8) is 0 Å². The van der Waals surface area contributed by atoms with Gasteiger partial charge in [0.2, 0.25) is 0 Å². The number of hydrogen-bond donors (Lipinski definition) is 1. The molecule has 1 aromatic carbocycles. The third-order valence-electron chi connectivity index (χ3n) is 6.73. The Hall–Kier alpha value is -3.05. The minimum atomic E-state index is -3.25. The highest BCUT2D eigenvalue weighted by Crippen LogP contribution is 2.42. The Morgan fingerprint density at radius 1 is 1.10 bits per heavy atom. The summed E-state index contributed by atoms with van der Waals surface area (Å²) in [5.74, 6) is -0.239. The number of anilines is 1. The molecule has 0 spiro atoms. The molecule has 0 bridgehead atoms. The van der Waals surface area contributed by atoms with Gasteiger partial charge >= 0.3 is 12.1 Å². The number of esters is 1. The second kappa shape index (κ2) is 14.2. The van der Waals surface area contributed by atoms with Gasteiger partial charge in [0, 0.05) is 35.0 Å². The standard InChI is InChI=1S/C30H41N3O6S2/c1-8-27(34)33-41(37,20(6)7)26-16-23(32-30(36)39-19(4)5)13-14-24(26)25-17-31-29(40-25)22-11-9-21(10-12-22)15-28(35)38-18(2)3/h8,13-14,16-22H,1,9-12,15H2,2-7H3,(H,32,36)/t21-,22-,41?. The molecule has 41 heavy (non-hydrogen) atoms. The molecule has 9 nitrogen and oxygen atoms in total. The maximum Gasteiger partial charge on any atom is 0.411 e. The fourth-order valence-corrected chi connectivity index (χ4v) is 7.89. The van der Waals surface area contributed by atoms with Crippen LogP contribution in [0.25, 0.3) is 10.4 Å². The maximum absolute atomic E-state index is 14.3. The molecule has 2 aromatic rings. The van der Waals surface area contributed by atoms with Crippen molar-refractivity contribution in [2.24, 2.45) is 10.3 Å². The molecule has 1 aromatic heterocycles. The van der Waals surface area contributed by atoms with Gasteiger partial charge in [0.15, 0.2) is 0 Å². The third-order valence-corrected chi connectivity index (χ3v) is 10.6. The summed E-state index contributed by atoms with van der Waals surface area (Å²) in [5.41, 5.74) is 1.02. The van der Waals surface area contributed by atoms with E-state index in [1.165, 1.54) is 11.3 Å². The highest BCUT2D eigenvalue weighted by Gasteiger charge is 2.29. The molecule has 1 unspecified atom stereocenters. The van der Waals surface area contributed by atoms with E-state index in [4.69, 9.17) is 14.5 Å². The van der Waals surface area contributed by atoms with Crippen LogP contribution in [0, 0.1) is 5.92 Å². The van der Waals surface area contributed by atoms with E-state index in [1.54, 1.807) is 52.1 Å². The molecule has 1 fully saturated rings. The van der Waals surface area contributed by atoms with Crippen LogP contribution in [0.15, 0.2) is 46.3 Å². The lowest BCUT2D eigenvalue weighted by Crippen LogP contribution is -2.19. The molecule has 1 atom stereocenters. The summed E-state index contributed by atoms with van der Waals surface area (Å²) in [6, 6.07) is 5.07. The van der Waals surface area contributed by atoms with Crippen molar-refractivity contribution >= 4 is 44.7 Å². The van der Waals surface area contributed by atoms with E-state index in [1.807, 2.05) is 13.8 Å². The quantitative estimate of drug-likeness (QED) is 0.223. The monoisotopic (exact) mass is 603 g/mol. The highest BCUT2D eigenvalue weighted by molar-refractivity contribution is 7.94. The lowest BCUT2D eigenvalue weighted by molar-refractivity contribution is -0.148. The Morgan fingerprint density at radius 2 is 1.76 bits per heavy atom. The van der Waals surface area contributed by atoms with Crippen LogP contribution in [0.3, 0.4) is 0 Å². The smallest absolute Gasteiger partial charge is 0.411 e. The molecule has 0 aliphatic heterocycles. The predicted octanol–water partition coefficient (Wildman–Crippen LogP) is 7.33. The van der Waals surface area contributed by atoms with Crippen LogP contribution in [0.5, 0.6) is 0 Å². The topological polar surface area (TPSA) is 124 Å². The average molecular weight is 604 g/mol. The summed E-state index contributed by atoms with van der Waals surface area (Å²) >= 11 is 1.52. The first-order chi connectivity index (χ1) is 19.3. The number of ether oxygens (including phenoxy) is 2. The van der Waals surface area contributed by atoms with Gasteiger partial charge in [-0.25, -0.2) is 14.0 Å². The van der Waals surface area contributed by atoms with Gasteiger partial charge in [-0.05, 0) is 91.4 Å². The molecule has 0 radical (unpaired) electrons. The minimum Gasteiger partial charge on any atom is -0.463 e. The van der Waals surface area contributed by atoms with Gasteiger partial charge in [0.25, 0.3) is 5.91 Å². The molecule has 1 aliphatic carbocycles. The second-order valence-corrected chi connectivity index (χ2v) is 14.8. The van der Waals surface area contributed by atoms with Gasteiger partial charge < -0.3 is 9.47 Å². The summed E-state index contributed by atoms with van der Waals surface area (Å²) in [5, 5.41) is 3.15. The predicted molar refractivity (Wildman–Crippen MR) is 163 cm³/mol. The SMILES string of the molecule is C=CC(=O)N=S(=O)(c1cc(NC(=O)OC(C)C)ccc1-c1cnc([C@H]2CC[C@H](CC(=O)OC(C)C)CC2)s1)C(C)C. The molecule has 3 rings (SSSR count). The molecule has 1 aliphatic rings. The molecule has 1 heterocycles. The Labute approximate surface area is 247 Å².